The number of aromatic nitrogens is 2. The van der Waals surface area contributed by atoms with Crippen LogP contribution >= 0.6 is 0 Å². The van der Waals surface area contributed by atoms with E-state index in [9.17, 15) is 4.79 Å². The van der Waals surface area contributed by atoms with Crippen LogP contribution in [0.25, 0.3) is 5.57 Å². The number of nitrogens with zero attached hydrogens (tertiary/aromatic N) is 3. The van der Waals surface area contributed by atoms with Gasteiger partial charge in [-0.1, -0.05) is 0 Å². The Morgan fingerprint density at radius 3 is 2.91 bits per heavy atom. The molecule has 0 aromatic carbocycles. The van der Waals surface area contributed by atoms with E-state index in [1.165, 1.54) is 0 Å². The molecule has 1 aromatic rings. The molecule has 1 amide bonds. The Kier molecular flexibility index (Phi) is 3.91. The number of rotatable bonds is 3. The van der Waals surface area contributed by atoms with Crippen LogP contribution in [-0.2, 0) is 9.63 Å². The van der Waals surface area contributed by atoms with Gasteiger partial charge in [0.05, 0.1) is 5.57 Å². The van der Waals surface area contributed by atoms with E-state index >= 15 is 0 Å². The summed E-state index contributed by atoms with van der Waals surface area (Å²) in [6.45, 7) is 1.79. The molecule has 2 heterocycles. The predicted octanol–water partition coefficient (Wildman–Crippen LogP) is 0.647. The van der Waals surface area contributed by atoms with Crippen LogP contribution in [0.15, 0.2) is 34.2 Å². The molecule has 2 aliphatic rings. The lowest BCUT2D eigenvalue weighted by Gasteiger charge is -2.24. The summed E-state index contributed by atoms with van der Waals surface area (Å²) in [5.41, 5.74) is 3.19. The topological polar surface area (TPSA) is 102 Å². The highest BCUT2D eigenvalue weighted by Crippen LogP contribution is 2.35. The summed E-state index contributed by atoms with van der Waals surface area (Å²) in [5, 5.41) is 10.6. The van der Waals surface area contributed by atoms with Crippen molar-refractivity contribution in [1.29, 1.82) is 0 Å². The monoisotopic (exact) mass is 309 g/mol. The maximum absolute atomic E-state index is 11.7. The van der Waals surface area contributed by atoms with Crippen molar-refractivity contribution in [2.24, 2.45) is 16.8 Å². The minimum Gasteiger partial charge on any atom is -0.415 e. The van der Waals surface area contributed by atoms with Crippen LogP contribution in [0.4, 0.5) is 0 Å². The molecule has 7 heteroatoms. The molecule has 3 rings (SSSR count). The first-order valence-corrected chi connectivity index (χ1v) is 7.06. The number of amides is 1. The van der Waals surface area contributed by atoms with Gasteiger partial charge in [-0.3, -0.25) is 9.79 Å². The van der Waals surface area contributed by atoms with Crippen LogP contribution in [-0.4, -0.2) is 29.4 Å². The fraction of sp³-hybridized carbons (Fsp3) is 0.250. The molecule has 7 nitrogen and oxygen atoms in total. The number of likely N-dealkylation sites (N-methyl/N-ethyl adjacent to an activating group) is 1. The minimum atomic E-state index is -0.224. The summed E-state index contributed by atoms with van der Waals surface area (Å²) in [5.74, 6) is 5.72. The lowest BCUT2D eigenvalue weighted by Crippen LogP contribution is -2.24. The van der Waals surface area contributed by atoms with Crippen molar-refractivity contribution < 1.29 is 9.63 Å². The smallest absolute Gasteiger partial charge is 0.269 e. The Balaban J connectivity index is 1.96. The summed E-state index contributed by atoms with van der Waals surface area (Å²) in [7, 11) is 1.57. The maximum Gasteiger partial charge on any atom is 0.269 e. The van der Waals surface area contributed by atoms with Crippen molar-refractivity contribution in [1.82, 2.24) is 15.5 Å². The fourth-order valence-corrected chi connectivity index (χ4v) is 2.47. The van der Waals surface area contributed by atoms with E-state index in [4.69, 9.17) is 10.7 Å². The zero-order valence-corrected chi connectivity index (χ0v) is 12.8. The predicted molar refractivity (Wildman–Crippen MR) is 83.5 cm³/mol. The normalized spacial score (nSPS) is 19.3. The van der Waals surface area contributed by atoms with Crippen LogP contribution in [0.1, 0.15) is 17.8 Å². The van der Waals surface area contributed by atoms with Gasteiger partial charge in [0.1, 0.15) is 22.8 Å². The standard InChI is InChI=1S/C16H15N5O2/c1-9-3-4-13(21-20-9)12-5-11-8-19-14(16(22)18-2)6-10(11)7-15(12)23-17/h5-6,8,10H,7,17H2,1-2H3,(H,18,22). The van der Waals surface area contributed by atoms with Crippen molar-refractivity contribution in [2.45, 2.75) is 13.3 Å². The number of nitrogens with two attached hydrogens (primary N) is 1. The van der Waals surface area contributed by atoms with Crippen molar-refractivity contribution in [3.63, 3.8) is 0 Å². The molecule has 1 unspecified atom stereocenters. The first kappa shape index (κ1) is 14.9. The summed E-state index contributed by atoms with van der Waals surface area (Å²) >= 11 is 0. The van der Waals surface area contributed by atoms with Gasteiger partial charge in [-0.15, -0.1) is 10.2 Å². The van der Waals surface area contributed by atoms with E-state index in [1.807, 2.05) is 6.08 Å². The summed E-state index contributed by atoms with van der Waals surface area (Å²) in [6, 6.07) is 5.83. The molecule has 0 fully saturated rings. The fourth-order valence-electron chi connectivity index (χ4n) is 2.47. The van der Waals surface area contributed by atoms with E-state index in [0.717, 1.165) is 5.57 Å². The highest BCUT2D eigenvalue weighted by atomic mass is 16.6. The van der Waals surface area contributed by atoms with Gasteiger partial charge in [-0.2, -0.15) is 5.90 Å². The summed E-state index contributed by atoms with van der Waals surface area (Å²) < 4.78 is 0. The number of aryl methyl sites for hydroxylation is 1. The molecule has 3 N–H and O–H groups in total. The second-order valence-corrected chi connectivity index (χ2v) is 5.18. The molecule has 0 radical (unpaired) electrons. The molecular weight excluding hydrogens is 294 g/mol. The van der Waals surface area contributed by atoms with Gasteiger partial charge in [0.25, 0.3) is 5.91 Å². The summed E-state index contributed by atoms with van der Waals surface area (Å²) in [4.78, 5) is 20.9. The molecule has 1 aromatic heterocycles. The lowest BCUT2D eigenvalue weighted by molar-refractivity contribution is -0.117. The second-order valence-electron chi connectivity index (χ2n) is 5.18. The maximum atomic E-state index is 11.7. The molecule has 1 atom stereocenters. The van der Waals surface area contributed by atoms with Crippen LogP contribution in [0.3, 0.4) is 0 Å². The van der Waals surface area contributed by atoms with E-state index < -0.39 is 0 Å². The molecule has 116 valence electrons. The first-order valence-electron chi connectivity index (χ1n) is 7.06. The number of hydrogen-bond donors (Lipinski definition) is 2. The average molecular weight is 309 g/mol. The van der Waals surface area contributed by atoms with Crippen LogP contribution in [0.2, 0.25) is 0 Å². The number of aliphatic imine (C=N–C) groups is 1. The van der Waals surface area contributed by atoms with Crippen LogP contribution < -0.4 is 11.2 Å². The number of hydrogen-bond acceptors (Lipinski definition) is 6. The van der Waals surface area contributed by atoms with Crippen LogP contribution in [0, 0.1) is 25.0 Å². The minimum absolute atomic E-state index is 0.0236. The van der Waals surface area contributed by atoms with E-state index in [2.05, 4.69) is 32.6 Å². The Morgan fingerprint density at radius 2 is 2.26 bits per heavy atom. The number of carbonyl (C=O) groups is 1. The molecule has 0 saturated carbocycles. The van der Waals surface area contributed by atoms with Crippen LogP contribution in [0.5, 0.6) is 0 Å². The molecule has 23 heavy (non-hydrogen) atoms. The molecular formula is C16H15N5O2. The van der Waals surface area contributed by atoms with Gasteiger partial charge in [-0.05, 0) is 36.8 Å². The molecule has 0 spiro atoms. The Labute approximate surface area is 133 Å². The van der Waals surface area contributed by atoms with Gasteiger partial charge in [0.15, 0.2) is 0 Å². The number of allylic oxidation sites excluding steroid dienone is 5. The Morgan fingerprint density at radius 1 is 1.43 bits per heavy atom. The third-order valence-corrected chi connectivity index (χ3v) is 3.68. The number of fused-ring (bicyclic) bond motifs is 1. The molecule has 0 bridgehead atoms. The van der Waals surface area contributed by atoms with E-state index in [1.54, 1.807) is 26.3 Å². The zero-order valence-electron chi connectivity index (χ0n) is 12.8. The summed E-state index contributed by atoms with van der Waals surface area (Å²) in [6.07, 6.45) is 5.86. The highest BCUT2D eigenvalue weighted by molar-refractivity contribution is 5.99. The average Bonchev–Trinajstić information content (AvgIpc) is 2.60. The van der Waals surface area contributed by atoms with Gasteiger partial charge in [0.2, 0.25) is 0 Å². The molecule has 1 aliphatic carbocycles. The zero-order chi connectivity index (χ0) is 16.4. The van der Waals surface area contributed by atoms with Gasteiger partial charge in [-0.25, -0.2) is 0 Å². The van der Waals surface area contributed by atoms with Crippen molar-refractivity contribution in [3.8, 4) is 0 Å². The Bertz CT molecular complexity index is 759. The third kappa shape index (κ3) is 2.84. The van der Waals surface area contributed by atoms with Gasteiger partial charge >= 0.3 is 0 Å². The van der Waals surface area contributed by atoms with Crippen molar-refractivity contribution in [2.75, 3.05) is 7.05 Å². The second kappa shape index (κ2) is 6.02. The SMILES string of the molecule is CNC(=O)C1=CC2CC(ON)=C(c3c#cc(C)nn3)C=C2C=N1. The van der Waals surface area contributed by atoms with E-state index in [0.29, 0.717) is 34.8 Å². The number of nitrogens with one attached hydrogen (secondary N) is 1. The number of carbonyl (C=O) groups excluding carboxylic acids is 1. The third-order valence-electron chi connectivity index (χ3n) is 3.68. The largest absolute Gasteiger partial charge is 0.415 e. The van der Waals surface area contributed by atoms with Gasteiger partial charge < -0.3 is 10.2 Å². The van der Waals surface area contributed by atoms with Crippen molar-refractivity contribution in [3.05, 3.63) is 52.7 Å². The molecule has 1 aliphatic heterocycles. The first-order chi connectivity index (χ1) is 11.1. The quantitative estimate of drug-likeness (QED) is 0.798. The molecule has 0 saturated heterocycles. The highest BCUT2D eigenvalue weighted by Gasteiger charge is 2.27. The lowest BCUT2D eigenvalue weighted by atomic mass is 9.85. The van der Waals surface area contributed by atoms with Crippen molar-refractivity contribution >= 4 is 17.7 Å². The van der Waals surface area contributed by atoms with E-state index in [-0.39, 0.29) is 11.8 Å². The van der Waals surface area contributed by atoms with Gasteiger partial charge in [0, 0.05) is 25.6 Å². The Hall–Kier alpha value is -2.98.